The Labute approximate surface area is 283 Å². The molecule has 0 saturated heterocycles. The van der Waals surface area contributed by atoms with E-state index < -0.39 is 22.3 Å². The number of benzene rings is 4. The Kier molecular flexibility index (Phi) is 14.5. The quantitative estimate of drug-likeness (QED) is 0.244. The van der Waals surface area contributed by atoms with Gasteiger partial charge in [-0.15, -0.1) is 11.1 Å². The molecule has 0 heterocycles. The summed E-state index contributed by atoms with van der Waals surface area (Å²) in [5, 5.41) is 0. The van der Waals surface area contributed by atoms with Crippen LogP contribution in [0.1, 0.15) is 74.9 Å². The zero-order valence-corrected chi connectivity index (χ0v) is 30.1. The summed E-state index contributed by atoms with van der Waals surface area (Å²) in [5.41, 5.74) is 11.4. The number of fused-ring (bicyclic) bond motifs is 3. The van der Waals surface area contributed by atoms with E-state index in [9.17, 15) is 0 Å². The van der Waals surface area contributed by atoms with E-state index in [0.29, 0.717) is 0 Å². The second-order valence-corrected chi connectivity index (χ2v) is 14.8. The molecule has 0 unspecified atom stereocenters. The zero-order chi connectivity index (χ0) is 29.3. The Morgan fingerprint density at radius 2 is 1.16 bits per heavy atom. The van der Waals surface area contributed by atoms with Gasteiger partial charge in [0.1, 0.15) is 0 Å². The molecule has 3 heteroatoms. The normalized spacial score (nSPS) is 10.9. The molecule has 0 radical (unpaired) electrons. The Hall–Kier alpha value is -2.57. The summed E-state index contributed by atoms with van der Waals surface area (Å²) < 4.78 is 4.80. The monoisotopic (exact) mass is 682 g/mol. The van der Waals surface area contributed by atoms with Gasteiger partial charge < -0.3 is 24.8 Å². The van der Waals surface area contributed by atoms with E-state index in [1.54, 1.807) is 0 Å². The van der Waals surface area contributed by atoms with Crippen LogP contribution in [-0.2, 0) is 39.5 Å². The molecule has 224 valence electrons. The zero-order valence-electron chi connectivity index (χ0n) is 26.2. The van der Waals surface area contributed by atoms with Crippen LogP contribution in [0.2, 0.25) is 0 Å². The third kappa shape index (κ3) is 11.1. The maximum atomic E-state index is 3.67. The van der Waals surface area contributed by atoms with Gasteiger partial charge in [0.25, 0.3) is 0 Å². The summed E-state index contributed by atoms with van der Waals surface area (Å²) in [6.45, 7) is 13.6. The van der Waals surface area contributed by atoms with Crippen LogP contribution in [0.15, 0.2) is 121 Å². The second-order valence-electron chi connectivity index (χ2n) is 12.6. The van der Waals surface area contributed by atoms with Crippen molar-refractivity contribution in [3.63, 3.8) is 0 Å². The van der Waals surface area contributed by atoms with Gasteiger partial charge in [0, 0.05) is 0 Å². The Morgan fingerprint density at radius 1 is 0.628 bits per heavy atom. The summed E-state index contributed by atoms with van der Waals surface area (Å²) in [4.78, 5) is 0. The largest absolute Gasteiger partial charge is 1.00 e. The molecule has 43 heavy (non-hydrogen) atoms. The van der Waals surface area contributed by atoms with Gasteiger partial charge in [0.2, 0.25) is 0 Å². The second kappa shape index (κ2) is 17.1. The number of hydrogen-bond acceptors (Lipinski definition) is 0. The Morgan fingerprint density at radius 3 is 1.63 bits per heavy atom. The molecule has 0 saturated carbocycles. The maximum absolute atomic E-state index is 3.67. The molecule has 0 bridgehead atoms. The molecule has 1 aliphatic carbocycles. The van der Waals surface area contributed by atoms with Crippen molar-refractivity contribution >= 4 is 7.42 Å². The molecule has 0 atom stereocenters. The topological polar surface area (TPSA) is 0 Å². The SMILES string of the molecule is CC(C)(C)c1[c-]c2c(cc1)-c1ccc(C(C)(C)C)cc1C2.[CH](=[Zr]=[CH]c1ccccc1)c1ccccc1.[Cl-].[Cl-].c1cc[cH-]c1. The first-order valence-electron chi connectivity index (χ1n) is 14.5. The minimum Gasteiger partial charge on any atom is -1.00 e. The Bertz CT molecular complexity index is 1460. The summed E-state index contributed by atoms with van der Waals surface area (Å²) >= 11 is -0.508. The third-order valence-corrected chi connectivity index (χ3v) is 9.58. The first-order chi connectivity index (χ1) is 19.6. The van der Waals surface area contributed by atoms with Crippen LogP contribution in [-0.4, -0.2) is 7.42 Å². The van der Waals surface area contributed by atoms with Gasteiger partial charge in [0.05, 0.1) is 0 Å². The van der Waals surface area contributed by atoms with Gasteiger partial charge in [-0.25, -0.2) is 12.1 Å². The van der Waals surface area contributed by atoms with Crippen LogP contribution in [0.4, 0.5) is 0 Å². The molecule has 0 nitrogen and oxygen atoms in total. The maximum Gasteiger partial charge on any atom is -0.172 e. The van der Waals surface area contributed by atoms with Crippen LogP contribution in [0, 0.1) is 6.07 Å². The summed E-state index contributed by atoms with van der Waals surface area (Å²) in [5.74, 6) is 0. The van der Waals surface area contributed by atoms with Gasteiger partial charge >= 0.3 is 101 Å². The minimum absolute atomic E-state index is 0. The molecule has 6 rings (SSSR count). The van der Waals surface area contributed by atoms with Gasteiger partial charge in [-0.2, -0.15) is 42.0 Å². The molecule has 5 aromatic rings. The number of halogens is 2. The molecule has 0 aromatic heterocycles. The van der Waals surface area contributed by atoms with Gasteiger partial charge in [-0.05, 0) is 28.4 Å². The van der Waals surface area contributed by atoms with Crippen molar-refractivity contribution in [3.05, 3.63) is 161 Å². The van der Waals surface area contributed by atoms with Crippen molar-refractivity contribution < 1.29 is 47.1 Å². The molecule has 0 amide bonds. The van der Waals surface area contributed by atoms with E-state index in [2.05, 4.69) is 146 Å². The fourth-order valence-electron chi connectivity index (χ4n) is 4.68. The predicted molar refractivity (Wildman–Crippen MR) is 176 cm³/mol. The van der Waals surface area contributed by atoms with E-state index in [1.807, 2.05) is 30.3 Å². The van der Waals surface area contributed by atoms with E-state index in [1.165, 1.54) is 44.5 Å². The minimum atomic E-state index is -0.508. The molecule has 1 aliphatic rings. The standard InChI is InChI=1S/C21H25.2C7H6.C5H5.2ClH.Zr/c1-20(2,3)16-7-9-18-14(12-16)11-15-13-17(21(4,5)6)8-10-19(15)18;2*1-7-5-3-2-4-6-7;1-2-4-5-3-1;;;/h7-10,12H,11H2,1-6H3;2*1-6H;1-5H;2*1H;/q-1;;;-1;;;/p-2. The molecule has 0 spiro atoms. The van der Waals surface area contributed by atoms with E-state index in [-0.39, 0.29) is 35.6 Å². The van der Waals surface area contributed by atoms with Crippen molar-refractivity contribution in [2.24, 2.45) is 0 Å². The van der Waals surface area contributed by atoms with E-state index in [0.717, 1.165) is 6.42 Å². The summed E-state index contributed by atoms with van der Waals surface area (Å²) in [6, 6.07) is 46.3. The average molecular weight is 685 g/mol. The predicted octanol–water partition coefficient (Wildman–Crippen LogP) is 3.84. The van der Waals surface area contributed by atoms with Crippen LogP contribution in [0.25, 0.3) is 11.1 Å². The third-order valence-electron chi connectivity index (χ3n) is 7.12. The van der Waals surface area contributed by atoms with Crippen molar-refractivity contribution in [2.45, 2.75) is 58.8 Å². The molecule has 0 aliphatic heterocycles. The van der Waals surface area contributed by atoms with Gasteiger partial charge in [0.15, 0.2) is 0 Å². The van der Waals surface area contributed by atoms with Crippen molar-refractivity contribution in [1.82, 2.24) is 0 Å². The van der Waals surface area contributed by atoms with Crippen molar-refractivity contribution in [1.29, 1.82) is 0 Å². The molecular formula is C40H42Cl2Zr-4. The molecule has 0 fully saturated rings. The fourth-order valence-corrected chi connectivity index (χ4v) is 6.78. The number of rotatable bonds is 2. The first-order valence-corrected chi connectivity index (χ1v) is 17.3. The van der Waals surface area contributed by atoms with Crippen molar-refractivity contribution in [3.8, 4) is 11.1 Å². The van der Waals surface area contributed by atoms with Crippen LogP contribution >= 0.6 is 0 Å². The van der Waals surface area contributed by atoms with Crippen molar-refractivity contribution in [2.75, 3.05) is 0 Å². The number of hydrogen-bond donors (Lipinski definition) is 0. The summed E-state index contributed by atoms with van der Waals surface area (Å²) in [6.07, 6.45) is 1.03. The summed E-state index contributed by atoms with van der Waals surface area (Å²) in [7, 11) is 0. The first kappa shape index (κ1) is 36.6. The van der Waals surface area contributed by atoms with Gasteiger partial charge in [-0.3, -0.25) is 0 Å². The molecular weight excluding hydrogens is 643 g/mol. The Balaban J connectivity index is 0.000000256. The van der Waals surface area contributed by atoms with Gasteiger partial charge in [-0.1, -0.05) is 65.3 Å². The van der Waals surface area contributed by atoms with Crippen LogP contribution in [0.3, 0.4) is 0 Å². The molecule has 5 aromatic carbocycles. The smallest absolute Gasteiger partial charge is 0.172 e. The molecule has 0 N–H and O–H groups in total. The van der Waals surface area contributed by atoms with E-state index in [4.69, 9.17) is 0 Å². The van der Waals surface area contributed by atoms with Crippen LogP contribution < -0.4 is 24.8 Å². The average Bonchev–Trinajstić information content (AvgIpc) is 3.65. The van der Waals surface area contributed by atoms with E-state index >= 15 is 0 Å². The van der Waals surface area contributed by atoms with Crippen LogP contribution in [0.5, 0.6) is 0 Å². The fraction of sp³-hybridized carbons (Fsp3) is 0.225.